The molecule has 0 saturated carbocycles. The molecule has 0 unspecified atom stereocenters. The van der Waals surface area contributed by atoms with Crippen LogP contribution in [0.3, 0.4) is 0 Å². The molecule has 3 N–H and O–H groups in total. The van der Waals surface area contributed by atoms with Crippen LogP contribution < -0.4 is 5.73 Å². The van der Waals surface area contributed by atoms with Crippen molar-refractivity contribution in [3.05, 3.63) is 77.4 Å². The normalized spacial score (nSPS) is 19.4. The summed E-state index contributed by atoms with van der Waals surface area (Å²) >= 11 is 0. The minimum Gasteiger partial charge on any atom is -0.507 e. The van der Waals surface area contributed by atoms with E-state index in [1.54, 1.807) is 24.3 Å². The van der Waals surface area contributed by atoms with Crippen molar-refractivity contribution in [1.82, 2.24) is 4.90 Å². The van der Waals surface area contributed by atoms with E-state index >= 15 is 0 Å². The summed E-state index contributed by atoms with van der Waals surface area (Å²) in [5, 5.41) is 10.7. The van der Waals surface area contributed by atoms with Crippen LogP contribution in [-0.2, 0) is 9.59 Å². The van der Waals surface area contributed by atoms with Crippen molar-refractivity contribution in [1.29, 1.82) is 0 Å². The molecule has 5 nitrogen and oxygen atoms in total. The molecule has 2 aromatic carbocycles. The number of likely N-dealkylation sites (tertiary alicyclic amines) is 1. The number of amides is 1. The number of ketones is 1. The molecule has 0 radical (unpaired) electrons. The Morgan fingerprint density at radius 3 is 2.20 bits per heavy atom. The van der Waals surface area contributed by atoms with E-state index in [2.05, 4.69) is 0 Å². The van der Waals surface area contributed by atoms with Crippen LogP contribution in [0.4, 0.5) is 0 Å². The highest BCUT2D eigenvalue weighted by Crippen LogP contribution is 2.39. The van der Waals surface area contributed by atoms with E-state index in [1.807, 2.05) is 36.4 Å². The lowest BCUT2D eigenvalue weighted by molar-refractivity contribution is -0.139. The number of aliphatic hydroxyl groups is 1. The molecule has 128 valence electrons. The third kappa shape index (κ3) is 3.19. The van der Waals surface area contributed by atoms with Crippen LogP contribution in [0.2, 0.25) is 0 Å². The van der Waals surface area contributed by atoms with E-state index in [4.69, 9.17) is 5.73 Å². The van der Waals surface area contributed by atoms with Gasteiger partial charge in [0.05, 0.1) is 11.6 Å². The van der Waals surface area contributed by atoms with Gasteiger partial charge in [-0.3, -0.25) is 9.59 Å². The third-order valence-corrected chi connectivity index (χ3v) is 4.31. The topological polar surface area (TPSA) is 83.6 Å². The van der Waals surface area contributed by atoms with Crippen LogP contribution >= 0.6 is 0 Å². The Hall–Kier alpha value is -2.92. The predicted molar refractivity (Wildman–Crippen MR) is 95.6 cm³/mol. The van der Waals surface area contributed by atoms with Gasteiger partial charge >= 0.3 is 0 Å². The lowest BCUT2D eigenvalue weighted by atomic mass is 9.95. The van der Waals surface area contributed by atoms with Crippen molar-refractivity contribution in [3.8, 4) is 0 Å². The molecule has 1 aliphatic rings. The number of nitrogens with zero attached hydrogens (tertiary/aromatic N) is 1. The number of rotatable bonds is 5. The Bertz CT molecular complexity index is 800. The SMILES string of the molecule is NCCCN1C(=O)C(=O)C(=C(O)c2ccccc2)[C@@H]1c1ccccc1. The number of hydrogen-bond donors (Lipinski definition) is 2. The van der Waals surface area contributed by atoms with Crippen LogP contribution in [-0.4, -0.2) is 34.8 Å². The summed E-state index contributed by atoms with van der Waals surface area (Å²) in [5.41, 5.74) is 7.00. The van der Waals surface area contributed by atoms with Gasteiger partial charge in [0, 0.05) is 12.1 Å². The second-order valence-electron chi connectivity index (χ2n) is 5.91. The maximum atomic E-state index is 12.6. The number of aliphatic hydroxyl groups excluding tert-OH is 1. The first kappa shape index (κ1) is 16.9. The number of Topliss-reactive ketones (excluding diaryl/α,β-unsaturated/α-hetero) is 1. The third-order valence-electron chi connectivity index (χ3n) is 4.31. The van der Waals surface area contributed by atoms with Gasteiger partial charge in [-0.25, -0.2) is 0 Å². The average Bonchev–Trinajstić information content (AvgIpc) is 2.91. The molecule has 1 aliphatic heterocycles. The van der Waals surface area contributed by atoms with Gasteiger partial charge in [-0.2, -0.15) is 0 Å². The lowest BCUT2D eigenvalue weighted by Gasteiger charge is -2.25. The van der Waals surface area contributed by atoms with Crippen LogP contribution in [0.15, 0.2) is 66.2 Å². The Kier molecular flexibility index (Phi) is 4.95. The van der Waals surface area contributed by atoms with Crippen LogP contribution in [0.5, 0.6) is 0 Å². The molecular weight excluding hydrogens is 316 g/mol. The summed E-state index contributed by atoms with van der Waals surface area (Å²) in [6, 6.07) is 17.5. The Morgan fingerprint density at radius 1 is 1.00 bits per heavy atom. The van der Waals surface area contributed by atoms with Crippen molar-refractivity contribution >= 4 is 17.4 Å². The second kappa shape index (κ2) is 7.32. The van der Waals surface area contributed by atoms with Gasteiger partial charge in [0.2, 0.25) is 0 Å². The van der Waals surface area contributed by atoms with Gasteiger partial charge < -0.3 is 15.7 Å². The summed E-state index contributed by atoms with van der Waals surface area (Å²) in [6.07, 6.45) is 0.585. The van der Waals surface area contributed by atoms with Crippen molar-refractivity contribution in [2.24, 2.45) is 5.73 Å². The monoisotopic (exact) mass is 336 g/mol. The van der Waals surface area contributed by atoms with Gasteiger partial charge in [0.15, 0.2) is 0 Å². The molecule has 0 aromatic heterocycles. The summed E-state index contributed by atoms with van der Waals surface area (Å²) in [5.74, 6) is -1.41. The number of carbonyl (C=O) groups is 2. The van der Waals surface area contributed by atoms with Crippen molar-refractivity contribution in [2.75, 3.05) is 13.1 Å². The highest BCUT2D eigenvalue weighted by molar-refractivity contribution is 6.46. The molecule has 0 aliphatic carbocycles. The van der Waals surface area contributed by atoms with Gasteiger partial charge in [0.1, 0.15) is 5.76 Å². The molecule has 0 spiro atoms. The predicted octanol–water partition coefficient (Wildman–Crippen LogP) is 2.46. The van der Waals surface area contributed by atoms with Gasteiger partial charge in [-0.15, -0.1) is 0 Å². The van der Waals surface area contributed by atoms with Crippen molar-refractivity contribution in [2.45, 2.75) is 12.5 Å². The first-order valence-corrected chi connectivity index (χ1v) is 8.24. The molecule has 3 rings (SSSR count). The Labute approximate surface area is 146 Å². The molecule has 5 heteroatoms. The molecule has 1 fully saturated rings. The largest absolute Gasteiger partial charge is 0.507 e. The van der Waals surface area contributed by atoms with Gasteiger partial charge in [-0.1, -0.05) is 60.7 Å². The zero-order valence-corrected chi connectivity index (χ0v) is 13.8. The Balaban J connectivity index is 2.14. The van der Waals surface area contributed by atoms with Crippen molar-refractivity contribution in [3.63, 3.8) is 0 Å². The summed E-state index contributed by atoms with van der Waals surface area (Å²) in [7, 11) is 0. The number of benzene rings is 2. The summed E-state index contributed by atoms with van der Waals surface area (Å²) in [4.78, 5) is 26.7. The fraction of sp³-hybridized carbons (Fsp3) is 0.200. The van der Waals surface area contributed by atoms with Crippen molar-refractivity contribution < 1.29 is 14.7 Å². The second-order valence-corrected chi connectivity index (χ2v) is 5.91. The first-order chi connectivity index (χ1) is 12.1. The summed E-state index contributed by atoms with van der Waals surface area (Å²) < 4.78 is 0. The molecule has 1 atom stereocenters. The number of hydrogen-bond acceptors (Lipinski definition) is 4. The highest BCUT2D eigenvalue weighted by Gasteiger charge is 2.45. The van der Waals surface area contributed by atoms with E-state index in [-0.39, 0.29) is 11.3 Å². The Morgan fingerprint density at radius 2 is 1.60 bits per heavy atom. The van der Waals surface area contributed by atoms with Gasteiger partial charge in [0.25, 0.3) is 11.7 Å². The van der Waals surface area contributed by atoms with E-state index in [0.29, 0.717) is 25.1 Å². The molecule has 25 heavy (non-hydrogen) atoms. The van der Waals surface area contributed by atoms with Gasteiger partial charge in [-0.05, 0) is 18.5 Å². The number of nitrogens with two attached hydrogens (primary N) is 1. The minimum atomic E-state index is -0.660. The maximum absolute atomic E-state index is 12.6. The average molecular weight is 336 g/mol. The molecule has 1 saturated heterocycles. The quantitative estimate of drug-likeness (QED) is 0.499. The molecule has 2 aromatic rings. The van der Waals surface area contributed by atoms with E-state index in [1.165, 1.54) is 4.90 Å². The fourth-order valence-corrected chi connectivity index (χ4v) is 3.11. The zero-order chi connectivity index (χ0) is 17.8. The fourth-order valence-electron chi connectivity index (χ4n) is 3.11. The standard InChI is InChI=1S/C20H20N2O3/c21-12-7-13-22-17(14-8-3-1-4-9-14)16(19(24)20(22)25)18(23)15-10-5-2-6-11-15/h1-6,8-11,17,23H,7,12-13,21H2/t17-/m0/s1. The minimum absolute atomic E-state index is 0.124. The summed E-state index contributed by atoms with van der Waals surface area (Å²) in [6.45, 7) is 0.787. The zero-order valence-electron chi connectivity index (χ0n) is 13.8. The van der Waals surface area contributed by atoms with E-state index < -0.39 is 17.7 Å². The maximum Gasteiger partial charge on any atom is 0.295 e. The van der Waals surface area contributed by atoms with Crippen LogP contribution in [0.1, 0.15) is 23.6 Å². The molecule has 0 bridgehead atoms. The van der Waals surface area contributed by atoms with Crippen LogP contribution in [0, 0.1) is 0 Å². The molecule has 1 amide bonds. The van der Waals surface area contributed by atoms with E-state index in [0.717, 1.165) is 5.56 Å². The molecule has 1 heterocycles. The lowest BCUT2D eigenvalue weighted by Crippen LogP contribution is -2.31. The highest BCUT2D eigenvalue weighted by atomic mass is 16.3. The number of carbonyl (C=O) groups excluding carboxylic acids is 2. The smallest absolute Gasteiger partial charge is 0.295 e. The van der Waals surface area contributed by atoms with E-state index in [9.17, 15) is 14.7 Å². The first-order valence-electron chi connectivity index (χ1n) is 8.24. The molecular formula is C20H20N2O3. The van der Waals surface area contributed by atoms with Crippen LogP contribution in [0.25, 0.3) is 5.76 Å².